The van der Waals surface area contributed by atoms with Gasteiger partial charge in [0.1, 0.15) is 7.11 Å². The van der Waals surface area contributed by atoms with E-state index in [0.717, 1.165) is 7.11 Å². The molecule has 0 heterocycles. The number of oxime groups is 1. The summed E-state index contributed by atoms with van der Waals surface area (Å²) in [6.45, 7) is 0. The molecule has 0 aliphatic carbocycles. The fraction of sp³-hybridized carbons (Fsp3) is 0.333. The van der Waals surface area contributed by atoms with E-state index in [-0.39, 0.29) is 12.4 Å². The van der Waals surface area contributed by atoms with Crippen LogP contribution in [0.5, 0.6) is 0 Å². The molecule has 0 atom stereocenters. The van der Waals surface area contributed by atoms with Gasteiger partial charge in [-0.2, -0.15) is 4.39 Å². The Morgan fingerprint density at radius 2 is 2.22 bits per heavy atom. The van der Waals surface area contributed by atoms with Crippen LogP contribution in [0.25, 0.3) is 0 Å². The highest BCUT2D eigenvalue weighted by Gasteiger charge is 2.04. The number of halogens is 3. The van der Waals surface area contributed by atoms with Gasteiger partial charge in [-0.05, 0) is 16.8 Å². The topological polar surface area (TPSA) is 38.7 Å². The highest BCUT2D eigenvalue weighted by molar-refractivity contribution is 6.80. The maximum Gasteiger partial charge on any atom is 0.308 e. The summed E-state index contributed by atoms with van der Waals surface area (Å²) in [6.07, 6.45) is 0. The van der Waals surface area contributed by atoms with E-state index in [1.54, 1.807) is 0 Å². The van der Waals surface area contributed by atoms with E-state index in [9.17, 15) is 9.18 Å². The quantitative estimate of drug-likeness (QED) is 0.359. The van der Waals surface area contributed by atoms with Gasteiger partial charge in [0, 0.05) is 0 Å². The smallest absolute Gasteiger partial charge is 0.308 e. The molecule has 6 heteroatoms. The molecule has 0 aromatic carbocycles. The Morgan fingerprint density at radius 1 is 1.78 bits per heavy atom. The summed E-state index contributed by atoms with van der Waals surface area (Å²) >= 11 is 4.58. The molecule has 9 heavy (non-hydrogen) atoms. The highest BCUT2D eigenvalue weighted by Crippen LogP contribution is 1.87. The van der Waals surface area contributed by atoms with Crippen molar-refractivity contribution in [1.29, 1.82) is 0 Å². The average Bonchev–Trinajstić information content (AvgIpc) is 1.67. The van der Waals surface area contributed by atoms with Crippen molar-refractivity contribution in [3.8, 4) is 0 Å². The minimum Gasteiger partial charge on any atom is -0.397 e. The lowest BCUT2D eigenvalue weighted by Gasteiger charge is -1.83. The second-order valence-corrected chi connectivity index (χ2v) is 1.18. The van der Waals surface area contributed by atoms with Gasteiger partial charge < -0.3 is 4.84 Å². The first-order valence-corrected chi connectivity index (χ1v) is 2.02. The minimum absolute atomic E-state index is 0. The van der Waals surface area contributed by atoms with Gasteiger partial charge in [-0.3, -0.25) is 4.79 Å². The van der Waals surface area contributed by atoms with E-state index in [1.165, 1.54) is 0 Å². The van der Waals surface area contributed by atoms with Crippen LogP contribution in [0, 0.1) is 0 Å². The summed E-state index contributed by atoms with van der Waals surface area (Å²) in [5.41, 5.74) is 0. The van der Waals surface area contributed by atoms with Crippen LogP contribution in [0.15, 0.2) is 5.16 Å². The molecular formula is C3H4Cl2FNO2. The number of rotatable bonds is 2. The monoisotopic (exact) mass is 175 g/mol. The van der Waals surface area contributed by atoms with Gasteiger partial charge in [-0.1, -0.05) is 0 Å². The lowest BCUT2D eigenvalue weighted by Crippen LogP contribution is -1.98. The van der Waals surface area contributed by atoms with E-state index < -0.39 is 11.2 Å². The van der Waals surface area contributed by atoms with E-state index in [1.807, 2.05) is 0 Å². The summed E-state index contributed by atoms with van der Waals surface area (Å²) in [5.74, 6) is -1.34. The van der Waals surface area contributed by atoms with Gasteiger partial charge in [0.2, 0.25) is 0 Å². The zero-order chi connectivity index (χ0) is 6.57. The van der Waals surface area contributed by atoms with Crippen molar-refractivity contribution in [3.63, 3.8) is 0 Å². The molecule has 0 aromatic heterocycles. The molecule has 3 nitrogen and oxygen atoms in total. The first-order chi connectivity index (χ1) is 3.68. The van der Waals surface area contributed by atoms with Crippen LogP contribution in [0.3, 0.4) is 0 Å². The Labute approximate surface area is 62.2 Å². The number of nitrogens with zero attached hydrogens (tertiary/aromatic N) is 1. The van der Waals surface area contributed by atoms with Crippen molar-refractivity contribution >= 4 is 35.2 Å². The van der Waals surface area contributed by atoms with Gasteiger partial charge in [-0.15, -0.1) is 12.4 Å². The largest absolute Gasteiger partial charge is 0.397 e. The van der Waals surface area contributed by atoms with Crippen LogP contribution in [0.2, 0.25) is 0 Å². The Bertz CT molecular complexity index is 127. The molecule has 0 unspecified atom stereocenters. The molecular weight excluding hydrogens is 172 g/mol. The zero-order valence-corrected chi connectivity index (χ0v) is 6.00. The Hall–Kier alpha value is -0.350. The molecule has 0 aliphatic rings. The van der Waals surface area contributed by atoms with Gasteiger partial charge in [0.05, 0.1) is 0 Å². The standard InChI is InChI=1S/C3H3ClFNO2.ClH/c1-8-6-3(5)2(4)7;/h1H3;1H. The number of hydrogen-bond acceptors (Lipinski definition) is 3. The fourth-order valence-electron chi connectivity index (χ4n) is 0.116. The maximum absolute atomic E-state index is 11.7. The van der Waals surface area contributed by atoms with E-state index >= 15 is 0 Å². The van der Waals surface area contributed by atoms with Crippen molar-refractivity contribution in [2.24, 2.45) is 5.16 Å². The predicted molar refractivity (Wildman–Crippen MR) is 33.7 cm³/mol. The fourth-order valence-corrected chi connectivity index (χ4v) is 0.151. The van der Waals surface area contributed by atoms with Crippen molar-refractivity contribution < 1.29 is 14.0 Å². The lowest BCUT2D eigenvalue weighted by atomic mass is 10.8. The third-order valence-corrected chi connectivity index (χ3v) is 0.490. The van der Waals surface area contributed by atoms with Crippen LogP contribution in [-0.4, -0.2) is 18.3 Å². The van der Waals surface area contributed by atoms with Crippen LogP contribution in [-0.2, 0) is 9.63 Å². The predicted octanol–water partition coefficient (Wildman–Crippen LogP) is 1.10. The Morgan fingerprint density at radius 3 is 2.33 bits per heavy atom. The molecule has 54 valence electrons. The summed E-state index contributed by atoms with van der Waals surface area (Å²) in [4.78, 5) is 13.6. The van der Waals surface area contributed by atoms with Gasteiger partial charge in [0.25, 0.3) is 0 Å². The van der Waals surface area contributed by atoms with Gasteiger partial charge >= 0.3 is 11.2 Å². The second kappa shape index (κ2) is 5.78. The molecule has 0 amide bonds. The summed E-state index contributed by atoms with van der Waals surface area (Å²) in [5, 5.41) is 1.34. The van der Waals surface area contributed by atoms with E-state index in [2.05, 4.69) is 21.6 Å². The normalized spacial score (nSPS) is 9.89. The summed E-state index contributed by atoms with van der Waals surface area (Å²) < 4.78 is 11.7. The van der Waals surface area contributed by atoms with Crippen LogP contribution in [0.1, 0.15) is 0 Å². The number of carbonyl (C=O) groups is 1. The molecule has 0 bridgehead atoms. The highest BCUT2D eigenvalue weighted by atomic mass is 35.5. The number of carbonyl (C=O) groups excluding carboxylic acids is 1. The Kier molecular flexibility index (Phi) is 7.35. The van der Waals surface area contributed by atoms with Crippen molar-refractivity contribution in [3.05, 3.63) is 0 Å². The molecule has 0 N–H and O–H groups in total. The molecule has 0 radical (unpaired) electrons. The first kappa shape index (κ1) is 11.4. The third kappa shape index (κ3) is 5.52. The maximum atomic E-state index is 11.7. The van der Waals surface area contributed by atoms with Gasteiger partial charge in [-0.25, -0.2) is 0 Å². The number of hydrogen-bond donors (Lipinski definition) is 0. The summed E-state index contributed by atoms with van der Waals surface area (Å²) in [7, 11) is 1.11. The van der Waals surface area contributed by atoms with Crippen molar-refractivity contribution in [2.75, 3.05) is 7.11 Å². The SMILES string of the molecule is CON=C(F)C(=O)Cl.Cl. The summed E-state index contributed by atoms with van der Waals surface area (Å²) in [6, 6.07) is 0. The second-order valence-electron chi connectivity index (χ2n) is 0.838. The molecule has 0 saturated heterocycles. The Balaban J connectivity index is 0. The van der Waals surface area contributed by atoms with Crippen LogP contribution < -0.4 is 0 Å². The molecule has 0 fully saturated rings. The molecule has 0 rings (SSSR count). The van der Waals surface area contributed by atoms with Crippen LogP contribution >= 0.6 is 24.0 Å². The average molecular weight is 176 g/mol. The molecule has 0 aromatic rings. The zero-order valence-electron chi connectivity index (χ0n) is 4.43. The van der Waals surface area contributed by atoms with Crippen molar-refractivity contribution in [1.82, 2.24) is 0 Å². The van der Waals surface area contributed by atoms with E-state index in [4.69, 9.17) is 0 Å². The van der Waals surface area contributed by atoms with Gasteiger partial charge in [0.15, 0.2) is 0 Å². The third-order valence-electron chi connectivity index (χ3n) is 0.334. The lowest BCUT2D eigenvalue weighted by molar-refractivity contribution is -0.107. The van der Waals surface area contributed by atoms with Crippen molar-refractivity contribution in [2.45, 2.75) is 0 Å². The molecule has 0 spiro atoms. The first-order valence-electron chi connectivity index (χ1n) is 1.65. The van der Waals surface area contributed by atoms with E-state index in [0.29, 0.717) is 0 Å². The van der Waals surface area contributed by atoms with Crippen LogP contribution in [0.4, 0.5) is 4.39 Å². The molecule has 0 saturated carbocycles. The minimum atomic E-state index is -1.34. The molecule has 0 aliphatic heterocycles.